The van der Waals surface area contributed by atoms with Gasteiger partial charge in [-0.05, 0) is 42.0 Å². The fourth-order valence-electron chi connectivity index (χ4n) is 2.83. The third-order valence-electron chi connectivity index (χ3n) is 4.32. The molecule has 2 N–H and O–H groups in total. The Hall–Kier alpha value is -3.79. The Morgan fingerprint density at radius 3 is 2.71 bits per heavy atom. The van der Waals surface area contributed by atoms with Crippen molar-refractivity contribution in [2.45, 2.75) is 6.04 Å². The number of rotatable bonds is 7. The van der Waals surface area contributed by atoms with Crippen LogP contribution in [0.4, 0.5) is 5.69 Å². The number of aromatic nitrogens is 2. The van der Waals surface area contributed by atoms with E-state index in [2.05, 4.69) is 21.7 Å². The van der Waals surface area contributed by atoms with Gasteiger partial charge in [-0.25, -0.2) is 4.98 Å². The molecule has 1 atom stereocenters. The molecule has 1 aromatic heterocycles. The van der Waals surface area contributed by atoms with E-state index in [9.17, 15) is 4.79 Å². The Balaban J connectivity index is 1.74. The number of amides is 1. The summed E-state index contributed by atoms with van der Waals surface area (Å²) in [6, 6.07) is 16.1. The van der Waals surface area contributed by atoms with Crippen LogP contribution in [-0.2, 0) is 11.8 Å². The van der Waals surface area contributed by atoms with Gasteiger partial charge in [-0.1, -0.05) is 12.1 Å². The maximum Gasteiger partial charge on any atom is 0.240 e. The second-order valence-electron chi connectivity index (χ2n) is 6.22. The van der Waals surface area contributed by atoms with Gasteiger partial charge in [-0.2, -0.15) is 5.26 Å². The van der Waals surface area contributed by atoms with Gasteiger partial charge in [0.15, 0.2) is 0 Å². The maximum absolute atomic E-state index is 12.6. The minimum Gasteiger partial charge on any atom is -0.497 e. The summed E-state index contributed by atoms with van der Waals surface area (Å²) in [6.45, 7) is 0.0940. The van der Waals surface area contributed by atoms with Crippen molar-refractivity contribution in [3.63, 3.8) is 0 Å². The number of carbonyl (C=O) groups is 1. The number of imidazole rings is 1. The normalized spacial score (nSPS) is 11.3. The van der Waals surface area contributed by atoms with E-state index in [-0.39, 0.29) is 12.5 Å². The number of nitrogens with zero attached hydrogens (tertiary/aromatic N) is 3. The van der Waals surface area contributed by atoms with Gasteiger partial charge in [0.25, 0.3) is 0 Å². The van der Waals surface area contributed by atoms with Crippen molar-refractivity contribution in [2.24, 2.45) is 7.05 Å². The molecule has 0 spiro atoms. The molecule has 3 rings (SSSR count). The van der Waals surface area contributed by atoms with E-state index >= 15 is 0 Å². The van der Waals surface area contributed by atoms with E-state index < -0.39 is 6.04 Å². The van der Waals surface area contributed by atoms with Gasteiger partial charge in [0, 0.05) is 25.1 Å². The van der Waals surface area contributed by atoms with Crippen LogP contribution in [0.2, 0.25) is 0 Å². The van der Waals surface area contributed by atoms with Crippen LogP contribution in [-0.4, -0.2) is 29.1 Å². The fourth-order valence-corrected chi connectivity index (χ4v) is 2.83. The SMILES string of the molecule is COc1cccc([C@H](NC(=O)CNc2ccc(C#N)cc2)c2nccn2C)c1. The second-order valence-corrected chi connectivity index (χ2v) is 6.22. The number of hydrogen-bond donors (Lipinski definition) is 2. The third kappa shape index (κ3) is 4.48. The molecule has 0 saturated heterocycles. The molecule has 0 unspecified atom stereocenters. The summed E-state index contributed by atoms with van der Waals surface area (Å²) in [5.74, 6) is 1.25. The summed E-state index contributed by atoms with van der Waals surface area (Å²) in [7, 11) is 3.49. The van der Waals surface area contributed by atoms with Gasteiger partial charge in [-0.15, -0.1) is 0 Å². The molecule has 0 bridgehead atoms. The fraction of sp³-hybridized carbons (Fsp3) is 0.190. The molecule has 1 amide bonds. The highest BCUT2D eigenvalue weighted by atomic mass is 16.5. The molecule has 0 fully saturated rings. The standard InChI is InChI=1S/C21H21N5O2/c1-26-11-10-23-21(26)20(16-4-3-5-18(12-16)28-2)25-19(27)14-24-17-8-6-15(13-22)7-9-17/h3-12,20,24H,14H2,1-2H3,(H,25,27)/t20-/m0/s1. The summed E-state index contributed by atoms with van der Waals surface area (Å²) in [5, 5.41) is 14.9. The molecule has 2 aromatic carbocycles. The smallest absolute Gasteiger partial charge is 0.240 e. The zero-order valence-electron chi connectivity index (χ0n) is 15.7. The van der Waals surface area contributed by atoms with Gasteiger partial charge in [0.1, 0.15) is 17.6 Å². The average Bonchev–Trinajstić information content (AvgIpc) is 3.16. The average molecular weight is 375 g/mol. The lowest BCUT2D eigenvalue weighted by atomic mass is 10.1. The largest absolute Gasteiger partial charge is 0.497 e. The van der Waals surface area contributed by atoms with Gasteiger partial charge in [-0.3, -0.25) is 4.79 Å². The molecule has 0 saturated carbocycles. The molecule has 142 valence electrons. The topological polar surface area (TPSA) is 92.0 Å². The quantitative estimate of drug-likeness (QED) is 0.662. The number of nitrogens with one attached hydrogen (secondary N) is 2. The number of benzene rings is 2. The van der Waals surface area contributed by atoms with Crippen molar-refractivity contribution in [2.75, 3.05) is 19.0 Å². The molecule has 0 aliphatic heterocycles. The molecule has 1 heterocycles. The minimum atomic E-state index is -0.412. The first kappa shape index (κ1) is 19.0. The molecular formula is C21H21N5O2. The maximum atomic E-state index is 12.6. The van der Waals surface area contributed by atoms with Crippen LogP contribution >= 0.6 is 0 Å². The van der Waals surface area contributed by atoms with Crippen molar-refractivity contribution >= 4 is 11.6 Å². The van der Waals surface area contributed by atoms with Crippen LogP contribution in [0, 0.1) is 11.3 Å². The zero-order chi connectivity index (χ0) is 19.9. The van der Waals surface area contributed by atoms with Crippen molar-refractivity contribution in [3.05, 3.63) is 77.9 Å². The number of aryl methyl sites for hydroxylation is 1. The Labute approximate surface area is 163 Å². The number of nitriles is 1. The first-order valence-electron chi connectivity index (χ1n) is 8.75. The van der Waals surface area contributed by atoms with E-state index in [0.717, 1.165) is 17.1 Å². The summed E-state index contributed by atoms with van der Waals surface area (Å²) in [5.41, 5.74) is 2.22. The Morgan fingerprint density at radius 1 is 1.29 bits per heavy atom. The highest BCUT2D eigenvalue weighted by molar-refractivity contribution is 5.81. The Morgan fingerprint density at radius 2 is 2.07 bits per heavy atom. The molecule has 0 radical (unpaired) electrons. The molecule has 7 heteroatoms. The minimum absolute atomic E-state index is 0.0940. The zero-order valence-corrected chi connectivity index (χ0v) is 15.7. The van der Waals surface area contributed by atoms with E-state index in [1.807, 2.05) is 42.1 Å². The number of anilines is 1. The first-order valence-corrected chi connectivity index (χ1v) is 8.75. The van der Waals surface area contributed by atoms with Gasteiger partial charge in [0.2, 0.25) is 5.91 Å². The lowest BCUT2D eigenvalue weighted by Gasteiger charge is -2.20. The monoisotopic (exact) mass is 375 g/mol. The predicted octanol–water partition coefficient (Wildman–Crippen LogP) is 2.62. The van der Waals surface area contributed by atoms with E-state index in [1.165, 1.54) is 0 Å². The molecule has 3 aromatic rings. The lowest BCUT2D eigenvalue weighted by Crippen LogP contribution is -2.35. The van der Waals surface area contributed by atoms with Gasteiger partial charge < -0.3 is 19.9 Å². The van der Waals surface area contributed by atoms with Gasteiger partial charge in [0.05, 0.1) is 25.3 Å². The Bertz CT molecular complexity index is 989. The van der Waals surface area contributed by atoms with Crippen LogP contribution in [0.3, 0.4) is 0 Å². The van der Waals surface area contributed by atoms with E-state index in [1.54, 1.807) is 37.6 Å². The van der Waals surface area contributed by atoms with Crippen molar-refractivity contribution in [1.29, 1.82) is 5.26 Å². The number of hydrogen-bond acceptors (Lipinski definition) is 5. The van der Waals surface area contributed by atoms with Crippen LogP contribution in [0.15, 0.2) is 60.9 Å². The summed E-state index contributed by atoms with van der Waals surface area (Å²) < 4.78 is 7.18. The van der Waals surface area contributed by atoms with Gasteiger partial charge >= 0.3 is 0 Å². The Kier molecular flexibility index (Phi) is 5.92. The highest BCUT2D eigenvalue weighted by Crippen LogP contribution is 2.24. The van der Waals surface area contributed by atoms with Crippen LogP contribution < -0.4 is 15.4 Å². The predicted molar refractivity (Wildman–Crippen MR) is 106 cm³/mol. The number of carbonyl (C=O) groups excluding carboxylic acids is 1. The molecule has 0 aliphatic rings. The molecule has 7 nitrogen and oxygen atoms in total. The van der Waals surface area contributed by atoms with Crippen molar-refractivity contribution in [1.82, 2.24) is 14.9 Å². The molecule has 28 heavy (non-hydrogen) atoms. The first-order chi connectivity index (χ1) is 13.6. The van der Waals surface area contributed by atoms with Crippen molar-refractivity contribution < 1.29 is 9.53 Å². The van der Waals surface area contributed by atoms with Crippen LogP contribution in [0.5, 0.6) is 5.75 Å². The highest BCUT2D eigenvalue weighted by Gasteiger charge is 2.21. The summed E-state index contributed by atoms with van der Waals surface area (Å²) >= 11 is 0. The van der Waals surface area contributed by atoms with Crippen molar-refractivity contribution in [3.8, 4) is 11.8 Å². The van der Waals surface area contributed by atoms with E-state index in [4.69, 9.17) is 10.00 Å². The number of ether oxygens (including phenoxy) is 1. The number of methoxy groups -OCH3 is 1. The third-order valence-corrected chi connectivity index (χ3v) is 4.32. The van der Waals surface area contributed by atoms with E-state index in [0.29, 0.717) is 11.3 Å². The lowest BCUT2D eigenvalue weighted by molar-refractivity contribution is -0.119. The molecular weight excluding hydrogens is 354 g/mol. The second kappa shape index (κ2) is 8.73. The molecule has 0 aliphatic carbocycles. The summed E-state index contributed by atoms with van der Waals surface area (Å²) in [6.07, 6.45) is 3.54. The van der Waals surface area contributed by atoms with Crippen LogP contribution in [0.1, 0.15) is 23.0 Å². The summed E-state index contributed by atoms with van der Waals surface area (Å²) in [4.78, 5) is 17.0. The van der Waals surface area contributed by atoms with Crippen LogP contribution in [0.25, 0.3) is 0 Å².